The van der Waals surface area contributed by atoms with Crippen LogP contribution in [0.2, 0.25) is 0 Å². The zero-order chi connectivity index (χ0) is 12.7. The van der Waals surface area contributed by atoms with Crippen LogP contribution in [0.4, 0.5) is 0 Å². The minimum absolute atomic E-state index is 0.282. The van der Waals surface area contributed by atoms with Crippen LogP contribution >= 0.6 is 0 Å². The molecule has 1 unspecified atom stereocenters. The Hall–Kier alpha value is -1.11. The molecular weight excluding hydrogens is 244 g/mol. The van der Waals surface area contributed by atoms with E-state index in [0.29, 0.717) is 12.2 Å². The van der Waals surface area contributed by atoms with Crippen molar-refractivity contribution in [2.24, 2.45) is 0 Å². The van der Waals surface area contributed by atoms with Gasteiger partial charge >= 0.3 is 0 Å². The van der Waals surface area contributed by atoms with Gasteiger partial charge in [-0.05, 0) is 18.6 Å². The fourth-order valence-electron chi connectivity index (χ4n) is 1.31. The molecule has 0 bridgehead atoms. The molecule has 1 rings (SSSR count). The first kappa shape index (κ1) is 14.0. The minimum Gasteiger partial charge on any atom is -0.465 e. The van der Waals surface area contributed by atoms with Gasteiger partial charge in [0.1, 0.15) is 5.75 Å². The molecule has 17 heavy (non-hydrogen) atoms. The van der Waals surface area contributed by atoms with Crippen molar-refractivity contribution < 1.29 is 22.4 Å². The van der Waals surface area contributed by atoms with Gasteiger partial charge in [-0.25, -0.2) is 0 Å². The largest absolute Gasteiger partial charge is 0.465 e. The average Bonchev–Trinajstić information content (AvgIpc) is 2.27. The van der Waals surface area contributed by atoms with Crippen LogP contribution < -0.4 is 4.74 Å². The summed E-state index contributed by atoms with van der Waals surface area (Å²) in [5, 5.41) is 0. The van der Waals surface area contributed by atoms with Crippen LogP contribution in [-0.2, 0) is 14.9 Å². The van der Waals surface area contributed by atoms with E-state index in [2.05, 4.69) is 0 Å². The first-order chi connectivity index (χ1) is 8.01. The van der Waals surface area contributed by atoms with Crippen molar-refractivity contribution in [2.75, 3.05) is 12.9 Å². The molecule has 5 nitrogen and oxygen atoms in total. The van der Waals surface area contributed by atoms with Crippen LogP contribution in [0.25, 0.3) is 0 Å². The zero-order valence-corrected chi connectivity index (χ0v) is 10.4. The molecule has 0 heterocycles. The predicted octanol–water partition coefficient (Wildman–Crippen LogP) is 1.71. The summed E-state index contributed by atoms with van der Waals surface area (Å²) in [6.07, 6.45) is 0.161. The molecule has 0 saturated carbocycles. The summed E-state index contributed by atoms with van der Waals surface area (Å²) in [6, 6.07) is 9.11. The Morgan fingerprint density at radius 1 is 1.29 bits per heavy atom. The summed E-state index contributed by atoms with van der Waals surface area (Å²) in [5.74, 6) is 0.372. The van der Waals surface area contributed by atoms with E-state index in [9.17, 15) is 8.42 Å². The molecule has 6 heteroatoms. The summed E-state index contributed by atoms with van der Waals surface area (Å²) < 4.78 is 40.2. The van der Waals surface area contributed by atoms with Gasteiger partial charge < -0.3 is 9.47 Å². The molecule has 1 atom stereocenters. The van der Waals surface area contributed by atoms with Crippen LogP contribution in [0.3, 0.4) is 0 Å². The van der Waals surface area contributed by atoms with Gasteiger partial charge in [-0.1, -0.05) is 18.2 Å². The Bertz CT molecular complexity index is 415. The standard InChI is InChI=1S/C11H16O5S/c1-15-11(8-5-9-17(12,13)14)16-10-6-3-2-4-7-10/h2-4,6-7,11H,5,8-9H2,1H3,(H,12,13,14). The van der Waals surface area contributed by atoms with Crippen molar-refractivity contribution in [1.82, 2.24) is 0 Å². The molecule has 0 aliphatic carbocycles. The number of para-hydroxylation sites is 1. The molecule has 0 saturated heterocycles. The van der Waals surface area contributed by atoms with Crippen LogP contribution in [0, 0.1) is 0 Å². The predicted molar refractivity (Wildman–Crippen MR) is 63.5 cm³/mol. The number of hydrogen-bond acceptors (Lipinski definition) is 4. The van der Waals surface area contributed by atoms with E-state index >= 15 is 0 Å². The quantitative estimate of drug-likeness (QED) is 0.596. The topological polar surface area (TPSA) is 72.8 Å². The lowest BCUT2D eigenvalue weighted by Crippen LogP contribution is -2.20. The highest BCUT2D eigenvalue weighted by Crippen LogP contribution is 2.14. The highest BCUT2D eigenvalue weighted by atomic mass is 32.2. The van der Waals surface area contributed by atoms with Crippen molar-refractivity contribution in [3.8, 4) is 5.75 Å². The fraction of sp³-hybridized carbons (Fsp3) is 0.455. The summed E-state index contributed by atoms with van der Waals surface area (Å²) >= 11 is 0. The normalized spacial score (nSPS) is 13.3. The highest BCUT2D eigenvalue weighted by Gasteiger charge is 2.11. The van der Waals surface area contributed by atoms with E-state index < -0.39 is 16.4 Å². The van der Waals surface area contributed by atoms with E-state index in [1.54, 1.807) is 12.1 Å². The average molecular weight is 260 g/mol. The summed E-state index contributed by atoms with van der Waals surface area (Å²) in [5.41, 5.74) is 0. The Morgan fingerprint density at radius 3 is 2.47 bits per heavy atom. The smallest absolute Gasteiger partial charge is 0.264 e. The third kappa shape index (κ3) is 6.25. The van der Waals surface area contributed by atoms with Gasteiger partial charge in [0.05, 0.1) is 5.75 Å². The Labute approximate surface area is 101 Å². The van der Waals surface area contributed by atoms with E-state index in [1.165, 1.54) is 7.11 Å². The fourth-order valence-corrected chi connectivity index (χ4v) is 1.84. The lowest BCUT2D eigenvalue weighted by molar-refractivity contribution is -0.0582. The molecule has 0 spiro atoms. The second-order valence-electron chi connectivity index (χ2n) is 3.52. The van der Waals surface area contributed by atoms with Crippen molar-refractivity contribution in [1.29, 1.82) is 0 Å². The monoisotopic (exact) mass is 260 g/mol. The summed E-state index contributed by atoms with van der Waals surface area (Å²) in [4.78, 5) is 0. The van der Waals surface area contributed by atoms with Crippen molar-refractivity contribution in [2.45, 2.75) is 19.1 Å². The highest BCUT2D eigenvalue weighted by molar-refractivity contribution is 7.85. The van der Waals surface area contributed by atoms with Crippen LogP contribution in [-0.4, -0.2) is 32.1 Å². The van der Waals surface area contributed by atoms with Crippen molar-refractivity contribution in [3.63, 3.8) is 0 Å². The number of rotatable bonds is 7. The van der Waals surface area contributed by atoms with Gasteiger partial charge in [-0.3, -0.25) is 4.55 Å². The minimum atomic E-state index is -3.91. The number of methoxy groups -OCH3 is 1. The van der Waals surface area contributed by atoms with E-state index in [1.807, 2.05) is 18.2 Å². The third-order valence-corrected chi connectivity index (χ3v) is 2.92. The van der Waals surface area contributed by atoms with E-state index in [0.717, 1.165) is 0 Å². The van der Waals surface area contributed by atoms with E-state index in [4.69, 9.17) is 14.0 Å². The molecule has 1 aromatic carbocycles. The van der Waals surface area contributed by atoms with Gasteiger partial charge in [-0.15, -0.1) is 0 Å². The van der Waals surface area contributed by atoms with Crippen molar-refractivity contribution >= 4 is 10.1 Å². The molecule has 0 aliphatic rings. The Kier molecular flexibility index (Phi) is 5.40. The second kappa shape index (κ2) is 6.58. The number of ether oxygens (including phenoxy) is 2. The maximum atomic E-state index is 10.5. The van der Waals surface area contributed by atoms with Crippen LogP contribution in [0.15, 0.2) is 30.3 Å². The van der Waals surface area contributed by atoms with Gasteiger partial charge in [0.25, 0.3) is 10.1 Å². The van der Waals surface area contributed by atoms with Crippen LogP contribution in [0.1, 0.15) is 12.8 Å². The summed E-state index contributed by atoms with van der Waals surface area (Å²) in [7, 11) is -2.42. The molecule has 0 aliphatic heterocycles. The molecule has 0 fully saturated rings. The lowest BCUT2D eigenvalue weighted by Gasteiger charge is -2.16. The SMILES string of the molecule is COC(CCCS(=O)(=O)O)Oc1ccccc1. The van der Waals surface area contributed by atoms with Gasteiger partial charge in [-0.2, -0.15) is 8.42 Å². The van der Waals surface area contributed by atoms with Gasteiger partial charge in [0.2, 0.25) is 0 Å². The first-order valence-electron chi connectivity index (χ1n) is 5.21. The maximum Gasteiger partial charge on any atom is 0.264 e. The van der Waals surface area contributed by atoms with Gasteiger partial charge in [0, 0.05) is 13.5 Å². The molecule has 0 amide bonds. The lowest BCUT2D eigenvalue weighted by atomic mass is 10.3. The van der Waals surface area contributed by atoms with Gasteiger partial charge in [0.15, 0.2) is 6.29 Å². The summed E-state index contributed by atoms with van der Waals surface area (Å²) in [6.45, 7) is 0. The van der Waals surface area contributed by atoms with Crippen LogP contribution in [0.5, 0.6) is 5.75 Å². The first-order valence-corrected chi connectivity index (χ1v) is 6.82. The van der Waals surface area contributed by atoms with Crippen molar-refractivity contribution in [3.05, 3.63) is 30.3 Å². The number of hydrogen-bond donors (Lipinski definition) is 1. The number of benzene rings is 1. The maximum absolute atomic E-state index is 10.5. The molecule has 1 aromatic rings. The molecule has 1 N–H and O–H groups in total. The molecule has 96 valence electrons. The Balaban J connectivity index is 2.39. The molecule has 0 radical (unpaired) electrons. The zero-order valence-electron chi connectivity index (χ0n) is 9.57. The second-order valence-corrected chi connectivity index (χ2v) is 5.10. The molecular formula is C11H16O5S. The third-order valence-electron chi connectivity index (χ3n) is 2.12. The molecule has 0 aromatic heterocycles. The Morgan fingerprint density at radius 2 is 1.94 bits per heavy atom. The van der Waals surface area contributed by atoms with E-state index in [-0.39, 0.29) is 12.2 Å².